The summed E-state index contributed by atoms with van der Waals surface area (Å²) in [5, 5.41) is 0. The van der Waals surface area contributed by atoms with Gasteiger partial charge in [-0.05, 0) is 50.9 Å². The van der Waals surface area contributed by atoms with Crippen LogP contribution in [0.15, 0.2) is 18.2 Å². The lowest BCUT2D eigenvalue weighted by molar-refractivity contribution is 0.00578. The molecule has 1 aliphatic rings. The lowest BCUT2D eigenvalue weighted by Gasteiger charge is -2.32. The molecule has 0 bridgehead atoms. The molecule has 0 atom stereocenters. The van der Waals surface area contributed by atoms with Gasteiger partial charge in [-0.2, -0.15) is 0 Å². The van der Waals surface area contributed by atoms with Gasteiger partial charge in [0.25, 0.3) is 0 Å². The second-order valence-corrected chi connectivity index (χ2v) is 5.69. The van der Waals surface area contributed by atoms with Gasteiger partial charge in [-0.25, -0.2) is 4.39 Å². The van der Waals surface area contributed by atoms with Gasteiger partial charge in [0, 0.05) is 6.54 Å². The van der Waals surface area contributed by atoms with Crippen molar-refractivity contribution in [2.75, 3.05) is 0 Å². The van der Waals surface area contributed by atoms with Gasteiger partial charge in [0.05, 0.1) is 11.2 Å². The molecule has 0 radical (unpaired) electrons. The molecule has 98 valence electrons. The molecular formula is C13H19BFNO2. The van der Waals surface area contributed by atoms with Gasteiger partial charge < -0.3 is 15.0 Å². The molecule has 0 aliphatic carbocycles. The largest absolute Gasteiger partial charge is 0.494 e. The molecule has 1 aromatic carbocycles. The quantitative estimate of drug-likeness (QED) is 0.811. The fraction of sp³-hybridized carbons (Fsp3) is 0.538. The molecule has 1 fully saturated rings. The maximum absolute atomic E-state index is 13.5. The molecule has 1 saturated heterocycles. The van der Waals surface area contributed by atoms with Crippen LogP contribution >= 0.6 is 0 Å². The second-order valence-electron chi connectivity index (χ2n) is 5.69. The van der Waals surface area contributed by atoms with Gasteiger partial charge in [0.15, 0.2) is 0 Å². The summed E-state index contributed by atoms with van der Waals surface area (Å²) in [4.78, 5) is 0. The van der Waals surface area contributed by atoms with Crippen molar-refractivity contribution in [3.63, 3.8) is 0 Å². The maximum atomic E-state index is 13.5. The first-order chi connectivity index (χ1) is 8.25. The van der Waals surface area contributed by atoms with Crippen LogP contribution in [-0.4, -0.2) is 18.3 Å². The molecule has 18 heavy (non-hydrogen) atoms. The third-order valence-electron chi connectivity index (χ3n) is 3.74. The average molecular weight is 251 g/mol. The summed E-state index contributed by atoms with van der Waals surface area (Å²) in [6, 6.07) is 4.68. The lowest BCUT2D eigenvalue weighted by Crippen LogP contribution is -2.41. The SMILES string of the molecule is CC1(C)OB(c2cc(F)cc(CN)c2)OC1(C)C. The van der Waals surface area contributed by atoms with E-state index in [1.165, 1.54) is 12.1 Å². The van der Waals surface area contributed by atoms with Crippen LogP contribution in [0.4, 0.5) is 4.39 Å². The van der Waals surface area contributed by atoms with Crippen LogP contribution in [0.3, 0.4) is 0 Å². The normalized spacial score (nSPS) is 21.3. The summed E-state index contributed by atoms with van der Waals surface area (Å²) in [7, 11) is -0.545. The molecule has 5 heteroatoms. The number of hydrogen-bond donors (Lipinski definition) is 1. The van der Waals surface area contributed by atoms with Gasteiger partial charge in [-0.3, -0.25) is 0 Å². The summed E-state index contributed by atoms with van der Waals surface area (Å²) in [5.74, 6) is -0.317. The Hall–Kier alpha value is -0.905. The number of halogens is 1. The van der Waals surface area contributed by atoms with Gasteiger partial charge in [0.2, 0.25) is 0 Å². The number of hydrogen-bond acceptors (Lipinski definition) is 3. The Balaban J connectivity index is 2.32. The number of benzene rings is 1. The highest BCUT2D eigenvalue weighted by Gasteiger charge is 2.51. The zero-order valence-corrected chi connectivity index (χ0v) is 11.3. The Morgan fingerprint density at radius 1 is 1.11 bits per heavy atom. The predicted molar refractivity (Wildman–Crippen MR) is 70.0 cm³/mol. The van der Waals surface area contributed by atoms with E-state index in [1.54, 1.807) is 0 Å². The smallest absolute Gasteiger partial charge is 0.399 e. The van der Waals surface area contributed by atoms with E-state index in [0.29, 0.717) is 12.0 Å². The molecule has 0 spiro atoms. The summed E-state index contributed by atoms with van der Waals surface area (Å²) < 4.78 is 25.2. The zero-order chi connectivity index (χ0) is 13.6. The zero-order valence-electron chi connectivity index (χ0n) is 11.3. The Morgan fingerprint density at radius 3 is 2.17 bits per heavy atom. The van der Waals surface area contributed by atoms with Gasteiger partial charge in [-0.1, -0.05) is 6.07 Å². The maximum Gasteiger partial charge on any atom is 0.494 e. The minimum absolute atomic E-state index is 0.296. The van der Waals surface area contributed by atoms with E-state index < -0.39 is 18.3 Å². The van der Waals surface area contributed by atoms with Crippen molar-refractivity contribution >= 4 is 12.6 Å². The third kappa shape index (κ3) is 2.30. The standard InChI is InChI=1S/C13H19BFNO2/c1-12(2)13(3,4)18-14(17-12)10-5-9(8-16)6-11(15)7-10/h5-7H,8,16H2,1-4H3. The molecule has 2 rings (SSSR count). The summed E-state index contributed by atoms with van der Waals surface area (Å²) >= 11 is 0. The fourth-order valence-corrected chi connectivity index (χ4v) is 1.91. The first kappa shape index (κ1) is 13.5. The number of rotatable bonds is 2. The van der Waals surface area contributed by atoms with E-state index in [4.69, 9.17) is 15.0 Å². The van der Waals surface area contributed by atoms with E-state index in [-0.39, 0.29) is 5.82 Å². The van der Waals surface area contributed by atoms with Crippen molar-refractivity contribution in [2.24, 2.45) is 5.73 Å². The molecule has 0 unspecified atom stereocenters. The van der Waals surface area contributed by atoms with Crippen LogP contribution in [0.2, 0.25) is 0 Å². The summed E-state index contributed by atoms with van der Waals surface area (Å²) in [5.41, 5.74) is 6.11. The monoisotopic (exact) mass is 251 g/mol. The van der Waals surface area contributed by atoms with E-state index in [1.807, 2.05) is 33.8 Å². The molecular weight excluding hydrogens is 232 g/mol. The molecule has 1 aromatic rings. The predicted octanol–water partition coefficient (Wildman–Crippen LogP) is 1.58. The van der Waals surface area contributed by atoms with E-state index in [9.17, 15) is 4.39 Å². The molecule has 0 amide bonds. The topological polar surface area (TPSA) is 44.5 Å². The summed E-state index contributed by atoms with van der Waals surface area (Å²) in [6.45, 7) is 8.17. The van der Waals surface area contributed by atoms with Crippen molar-refractivity contribution < 1.29 is 13.7 Å². The molecule has 0 saturated carbocycles. The van der Waals surface area contributed by atoms with Crippen LogP contribution < -0.4 is 11.2 Å². The van der Waals surface area contributed by atoms with Crippen molar-refractivity contribution in [3.05, 3.63) is 29.6 Å². The summed E-state index contributed by atoms with van der Waals surface area (Å²) in [6.07, 6.45) is 0. The average Bonchev–Trinajstić information content (AvgIpc) is 2.47. The van der Waals surface area contributed by atoms with Crippen molar-refractivity contribution in [2.45, 2.75) is 45.4 Å². The Kier molecular flexibility index (Phi) is 3.26. The molecule has 3 nitrogen and oxygen atoms in total. The number of nitrogens with two attached hydrogens (primary N) is 1. The Morgan fingerprint density at radius 2 is 1.67 bits per heavy atom. The highest BCUT2D eigenvalue weighted by Crippen LogP contribution is 2.36. The van der Waals surface area contributed by atoms with Crippen LogP contribution in [0.1, 0.15) is 33.3 Å². The highest BCUT2D eigenvalue weighted by atomic mass is 19.1. The van der Waals surface area contributed by atoms with Crippen LogP contribution in [0.5, 0.6) is 0 Å². The Bertz CT molecular complexity index is 446. The van der Waals surface area contributed by atoms with E-state index >= 15 is 0 Å². The molecule has 2 N–H and O–H groups in total. The first-order valence-electron chi connectivity index (χ1n) is 6.10. The van der Waals surface area contributed by atoms with Crippen LogP contribution in [-0.2, 0) is 15.9 Å². The Labute approximate surface area is 108 Å². The van der Waals surface area contributed by atoms with Crippen molar-refractivity contribution in [1.29, 1.82) is 0 Å². The first-order valence-corrected chi connectivity index (χ1v) is 6.10. The van der Waals surface area contributed by atoms with Crippen LogP contribution in [0.25, 0.3) is 0 Å². The lowest BCUT2D eigenvalue weighted by atomic mass is 9.78. The van der Waals surface area contributed by atoms with Crippen LogP contribution in [0, 0.1) is 5.82 Å². The fourth-order valence-electron chi connectivity index (χ4n) is 1.91. The van der Waals surface area contributed by atoms with Crippen molar-refractivity contribution in [3.8, 4) is 0 Å². The molecule has 1 heterocycles. The van der Waals surface area contributed by atoms with Gasteiger partial charge in [-0.15, -0.1) is 0 Å². The highest BCUT2D eigenvalue weighted by molar-refractivity contribution is 6.62. The minimum Gasteiger partial charge on any atom is -0.399 e. The molecule has 0 aromatic heterocycles. The van der Waals surface area contributed by atoms with E-state index in [0.717, 1.165) is 5.56 Å². The third-order valence-corrected chi connectivity index (χ3v) is 3.74. The van der Waals surface area contributed by atoms with Crippen molar-refractivity contribution in [1.82, 2.24) is 0 Å². The molecule has 1 aliphatic heterocycles. The second kappa shape index (κ2) is 4.33. The van der Waals surface area contributed by atoms with E-state index in [2.05, 4.69) is 0 Å². The van der Waals surface area contributed by atoms with Gasteiger partial charge in [0.1, 0.15) is 5.82 Å². The minimum atomic E-state index is -0.545. The van der Waals surface area contributed by atoms with Gasteiger partial charge >= 0.3 is 7.12 Å².